The Morgan fingerprint density at radius 1 is 1.74 bits per heavy atom. The van der Waals surface area contributed by atoms with E-state index in [1.165, 1.54) is 4.88 Å². The van der Waals surface area contributed by atoms with Gasteiger partial charge >= 0.3 is 5.97 Å². The van der Waals surface area contributed by atoms with Gasteiger partial charge in [0.2, 0.25) is 0 Å². The molecule has 0 saturated carbocycles. The van der Waals surface area contributed by atoms with Gasteiger partial charge in [0, 0.05) is 17.6 Å². The lowest BCUT2D eigenvalue weighted by Gasteiger charge is -2.21. The van der Waals surface area contributed by atoms with E-state index in [1.54, 1.807) is 24.5 Å². The van der Waals surface area contributed by atoms with E-state index in [1.807, 2.05) is 17.5 Å². The van der Waals surface area contributed by atoms with Crippen LogP contribution < -0.4 is 0 Å². The molecule has 1 saturated heterocycles. The van der Waals surface area contributed by atoms with Crippen molar-refractivity contribution in [3.63, 3.8) is 0 Å². The average molecular weight is 276 g/mol. The van der Waals surface area contributed by atoms with Gasteiger partial charge in [-0.2, -0.15) is 5.26 Å². The van der Waals surface area contributed by atoms with E-state index >= 15 is 0 Å². The van der Waals surface area contributed by atoms with Crippen LogP contribution in [0, 0.1) is 11.3 Å². The van der Waals surface area contributed by atoms with Crippen molar-refractivity contribution in [1.82, 2.24) is 4.90 Å². The molecule has 0 aliphatic carbocycles. The second kappa shape index (κ2) is 6.39. The molecule has 2 heterocycles. The Hall–Kier alpha value is -1.80. The van der Waals surface area contributed by atoms with Gasteiger partial charge in [0.05, 0.1) is 12.6 Å². The molecule has 0 N–H and O–H groups in total. The fourth-order valence-corrected chi connectivity index (χ4v) is 3.11. The summed E-state index contributed by atoms with van der Waals surface area (Å²) in [5.41, 5.74) is 0.0744. The van der Waals surface area contributed by atoms with Gasteiger partial charge in [-0.3, -0.25) is 0 Å². The number of ether oxygens (including phenoxy) is 1. The van der Waals surface area contributed by atoms with Gasteiger partial charge in [-0.05, 0) is 31.2 Å². The highest BCUT2D eigenvalue weighted by molar-refractivity contribution is 7.10. The van der Waals surface area contributed by atoms with Gasteiger partial charge in [-0.15, -0.1) is 11.3 Å². The minimum Gasteiger partial charge on any atom is -0.462 e. The van der Waals surface area contributed by atoms with E-state index in [0.717, 1.165) is 19.4 Å². The Morgan fingerprint density at radius 2 is 2.58 bits per heavy atom. The molecule has 1 aliphatic heterocycles. The molecule has 0 aromatic carbocycles. The van der Waals surface area contributed by atoms with Crippen LogP contribution in [0.2, 0.25) is 0 Å². The molecular weight excluding hydrogens is 260 g/mol. The van der Waals surface area contributed by atoms with Crippen LogP contribution >= 0.6 is 11.3 Å². The predicted octanol–water partition coefficient (Wildman–Crippen LogP) is 2.86. The zero-order valence-corrected chi connectivity index (χ0v) is 11.7. The summed E-state index contributed by atoms with van der Waals surface area (Å²) >= 11 is 1.71. The smallest absolute Gasteiger partial charge is 0.350 e. The molecule has 5 heteroatoms. The minimum atomic E-state index is -0.540. The fraction of sp³-hybridized carbons (Fsp3) is 0.429. The molecule has 100 valence electrons. The van der Waals surface area contributed by atoms with E-state index in [-0.39, 0.29) is 18.2 Å². The van der Waals surface area contributed by atoms with E-state index in [0.29, 0.717) is 0 Å². The molecule has 1 aliphatic rings. The van der Waals surface area contributed by atoms with Crippen molar-refractivity contribution in [2.45, 2.75) is 25.8 Å². The number of hydrogen-bond donors (Lipinski definition) is 0. The number of likely N-dealkylation sites (tertiary alicyclic amines) is 1. The summed E-state index contributed by atoms with van der Waals surface area (Å²) in [4.78, 5) is 15.0. The van der Waals surface area contributed by atoms with Crippen LogP contribution in [-0.4, -0.2) is 24.0 Å². The molecule has 4 nitrogen and oxygen atoms in total. The quantitative estimate of drug-likeness (QED) is 0.482. The number of carbonyl (C=O) groups is 1. The molecule has 0 amide bonds. The molecule has 0 spiro atoms. The largest absolute Gasteiger partial charge is 0.462 e. The Morgan fingerprint density at radius 3 is 3.21 bits per heavy atom. The van der Waals surface area contributed by atoms with E-state index in [9.17, 15) is 4.79 Å². The first-order valence-corrected chi connectivity index (χ1v) is 7.22. The maximum atomic E-state index is 11.6. The maximum absolute atomic E-state index is 11.6. The normalized spacial score (nSPS) is 19.3. The number of hydrogen-bond acceptors (Lipinski definition) is 5. The van der Waals surface area contributed by atoms with Crippen LogP contribution in [0.15, 0.2) is 29.3 Å². The molecule has 0 unspecified atom stereocenters. The molecule has 19 heavy (non-hydrogen) atoms. The SMILES string of the molecule is CCOC(=O)/C(C#N)=C/N1CCC[C@H]1c1cccs1. The highest BCUT2D eigenvalue weighted by Crippen LogP contribution is 2.34. The topological polar surface area (TPSA) is 53.3 Å². The van der Waals surface area contributed by atoms with Gasteiger partial charge in [0.15, 0.2) is 5.57 Å². The van der Waals surface area contributed by atoms with Crippen LogP contribution in [0.5, 0.6) is 0 Å². The Labute approximate surface area is 116 Å². The summed E-state index contributed by atoms with van der Waals surface area (Å²) in [6.07, 6.45) is 3.77. The molecule has 2 rings (SSSR count). The van der Waals surface area contributed by atoms with Crippen molar-refractivity contribution in [2.24, 2.45) is 0 Å². The molecule has 0 bridgehead atoms. The Bertz CT molecular complexity index is 502. The second-order valence-corrected chi connectivity index (χ2v) is 5.27. The monoisotopic (exact) mass is 276 g/mol. The molecule has 1 atom stereocenters. The van der Waals surface area contributed by atoms with Crippen molar-refractivity contribution in [2.75, 3.05) is 13.2 Å². The van der Waals surface area contributed by atoms with E-state index < -0.39 is 5.97 Å². The second-order valence-electron chi connectivity index (χ2n) is 4.29. The third-order valence-electron chi connectivity index (χ3n) is 3.08. The number of nitrogens with zero attached hydrogens (tertiary/aromatic N) is 2. The van der Waals surface area contributed by atoms with Crippen LogP contribution in [0.25, 0.3) is 0 Å². The van der Waals surface area contributed by atoms with Gasteiger partial charge in [-0.25, -0.2) is 4.79 Å². The first-order chi connectivity index (χ1) is 9.26. The van der Waals surface area contributed by atoms with E-state index in [4.69, 9.17) is 10.00 Å². The van der Waals surface area contributed by atoms with Crippen molar-refractivity contribution >= 4 is 17.3 Å². The van der Waals surface area contributed by atoms with Crippen molar-refractivity contribution in [1.29, 1.82) is 5.26 Å². The van der Waals surface area contributed by atoms with Crippen molar-refractivity contribution < 1.29 is 9.53 Å². The zero-order chi connectivity index (χ0) is 13.7. The lowest BCUT2D eigenvalue weighted by atomic mass is 10.2. The molecule has 1 fully saturated rings. The zero-order valence-electron chi connectivity index (χ0n) is 10.8. The van der Waals surface area contributed by atoms with Crippen LogP contribution in [0.3, 0.4) is 0 Å². The third-order valence-corrected chi connectivity index (χ3v) is 4.05. The lowest BCUT2D eigenvalue weighted by Crippen LogP contribution is -2.19. The summed E-state index contributed by atoms with van der Waals surface area (Å²) < 4.78 is 4.88. The third kappa shape index (κ3) is 3.15. The first-order valence-electron chi connectivity index (χ1n) is 6.34. The highest BCUT2D eigenvalue weighted by atomic mass is 32.1. The van der Waals surface area contributed by atoms with Gasteiger partial charge < -0.3 is 9.64 Å². The maximum Gasteiger partial charge on any atom is 0.350 e. The lowest BCUT2D eigenvalue weighted by molar-refractivity contribution is -0.138. The molecular formula is C14H16N2O2S. The number of esters is 1. The average Bonchev–Trinajstić information content (AvgIpc) is 3.06. The predicted molar refractivity (Wildman–Crippen MR) is 73.3 cm³/mol. The van der Waals surface area contributed by atoms with Crippen LogP contribution in [-0.2, 0) is 9.53 Å². The minimum absolute atomic E-state index is 0.0744. The fourth-order valence-electron chi connectivity index (χ4n) is 2.23. The van der Waals surface area contributed by atoms with Gasteiger partial charge in [0.25, 0.3) is 0 Å². The summed E-state index contributed by atoms with van der Waals surface area (Å²) in [6, 6.07) is 6.32. The standard InChI is InChI=1S/C14H16N2O2S/c1-2-18-14(17)11(9-15)10-16-7-3-5-12(16)13-6-4-8-19-13/h4,6,8,10,12H,2-3,5,7H2,1H3/b11-10+/t12-/m0/s1. The molecule has 1 aromatic heterocycles. The number of nitriles is 1. The van der Waals surface area contributed by atoms with Gasteiger partial charge in [-0.1, -0.05) is 6.07 Å². The summed E-state index contributed by atoms with van der Waals surface area (Å²) in [7, 11) is 0. The van der Waals surface area contributed by atoms with Crippen molar-refractivity contribution in [3.8, 4) is 6.07 Å². The van der Waals surface area contributed by atoms with Gasteiger partial charge in [0.1, 0.15) is 6.07 Å². The van der Waals surface area contributed by atoms with E-state index in [2.05, 4.69) is 11.0 Å². The molecule has 1 aromatic rings. The van der Waals surface area contributed by atoms with Crippen molar-refractivity contribution in [3.05, 3.63) is 34.2 Å². The Kier molecular flexibility index (Phi) is 4.58. The first kappa shape index (κ1) is 13.6. The molecule has 0 radical (unpaired) electrons. The number of rotatable bonds is 4. The summed E-state index contributed by atoms with van der Waals surface area (Å²) in [6.45, 7) is 2.89. The number of carbonyl (C=O) groups excluding carboxylic acids is 1. The number of thiophene rings is 1. The summed E-state index contributed by atoms with van der Waals surface area (Å²) in [5, 5.41) is 11.1. The summed E-state index contributed by atoms with van der Waals surface area (Å²) in [5.74, 6) is -0.540. The van der Waals surface area contributed by atoms with Crippen LogP contribution in [0.4, 0.5) is 0 Å². The van der Waals surface area contributed by atoms with Crippen LogP contribution in [0.1, 0.15) is 30.7 Å². The Balaban J connectivity index is 2.16. The highest BCUT2D eigenvalue weighted by Gasteiger charge is 2.26.